The molecule has 1 fully saturated rings. The lowest BCUT2D eigenvalue weighted by atomic mass is 9.93. The Morgan fingerprint density at radius 1 is 0.971 bits per heavy atom. The molecule has 174 valence electrons. The highest BCUT2D eigenvalue weighted by Gasteiger charge is 2.47. The van der Waals surface area contributed by atoms with Crippen molar-refractivity contribution in [3.8, 4) is 16.9 Å². The Morgan fingerprint density at radius 2 is 1.65 bits per heavy atom. The van der Waals surface area contributed by atoms with Crippen LogP contribution >= 0.6 is 0 Å². The maximum Gasteiger partial charge on any atom is 0.325 e. The van der Waals surface area contributed by atoms with Crippen molar-refractivity contribution in [2.75, 3.05) is 19.0 Å². The summed E-state index contributed by atoms with van der Waals surface area (Å²) in [7, 11) is 1.60. The molecule has 0 aromatic heterocycles. The SMILES string of the molecule is COc1ccc(CC[C@]2(C)NC(=O)N(CC(=O)Nc3ccccc3-c3ccccc3)C2=O)cc1. The molecule has 7 nitrogen and oxygen atoms in total. The monoisotopic (exact) mass is 457 g/mol. The van der Waals surface area contributed by atoms with E-state index in [0.29, 0.717) is 18.5 Å². The van der Waals surface area contributed by atoms with Gasteiger partial charge in [0.2, 0.25) is 5.91 Å². The minimum absolute atomic E-state index is 0.355. The molecule has 3 aromatic carbocycles. The topological polar surface area (TPSA) is 87.7 Å². The maximum atomic E-state index is 13.1. The van der Waals surface area contributed by atoms with Crippen molar-refractivity contribution in [2.24, 2.45) is 0 Å². The van der Waals surface area contributed by atoms with Crippen LogP contribution in [0, 0.1) is 0 Å². The number of methoxy groups -OCH3 is 1. The third-order valence-corrected chi connectivity index (χ3v) is 6.01. The van der Waals surface area contributed by atoms with Gasteiger partial charge in [-0.3, -0.25) is 14.5 Å². The fraction of sp³-hybridized carbons (Fsp3) is 0.222. The minimum atomic E-state index is -1.07. The standard InChI is InChI=1S/C27H27N3O4/c1-27(17-16-19-12-14-21(34-2)15-13-19)25(32)30(26(33)29-27)18-24(31)28-23-11-7-6-10-22(23)20-8-4-3-5-9-20/h3-15H,16-18H2,1-2H3,(H,28,31)(H,29,33)/t27-/m0/s1. The van der Waals surface area contributed by atoms with Gasteiger partial charge in [0.05, 0.1) is 7.11 Å². The summed E-state index contributed by atoms with van der Waals surface area (Å²) in [6.45, 7) is 1.34. The second kappa shape index (κ2) is 9.79. The number of hydrogen-bond acceptors (Lipinski definition) is 4. The van der Waals surface area contributed by atoms with Crippen LogP contribution in [0.2, 0.25) is 0 Å². The zero-order valence-electron chi connectivity index (χ0n) is 19.2. The molecule has 0 aliphatic carbocycles. The number of hydrogen-bond donors (Lipinski definition) is 2. The van der Waals surface area contributed by atoms with Gasteiger partial charge in [-0.15, -0.1) is 0 Å². The molecule has 1 atom stereocenters. The highest BCUT2D eigenvalue weighted by molar-refractivity contribution is 6.10. The van der Waals surface area contributed by atoms with Crippen molar-refractivity contribution in [1.29, 1.82) is 0 Å². The van der Waals surface area contributed by atoms with E-state index >= 15 is 0 Å². The van der Waals surface area contributed by atoms with Gasteiger partial charge in [-0.2, -0.15) is 0 Å². The smallest absolute Gasteiger partial charge is 0.325 e. The van der Waals surface area contributed by atoms with Crippen molar-refractivity contribution in [3.63, 3.8) is 0 Å². The molecule has 3 aromatic rings. The number of benzene rings is 3. The number of nitrogens with one attached hydrogen (secondary N) is 2. The van der Waals surface area contributed by atoms with Gasteiger partial charge >= 0.3 is 6.03 Å². The van der Waals surface area contributed by atoms with Crippen molar-refractivity contribution in [3.05, 3.63) is 84.4 Å². The van der Waals surface area contributed by atoms with Gasteiger partial charge in [-0.25, -0.2) is 4.79 Å². The third-order valence-electron chi connectivity index (χ3n) is 6.01. The number of nitrogens with zero attached hydrogens (tertiary/aromatic N) is 1. The van der Waals surface area contributed by atoms with Gasteiger partial charge in [-0.05, 0) is 49.1 Å². The first kappa shape index (κ1) is 23.0. The Balaban J connectivity index is 1.41. The van der Waals surface area contributed by atoms with E-state index in [2.05, 4.69) is 10.6 Å². The first-order valence-corrected chi connectivity index (χ1v) is 11.1. The number of carbonyl (C=O) groups excluding carboxylic acids is 3. The second-order valence-electron chi connectivity index (χ2n) is 8.46. The second-order valence-corrected chi connectivity index (χ2v) is 8.46. The summed E-state index contributed by atoms with van der Waals surface area (Å²) < 4.78 is 5.17. The molecule has 0 radical (unpaired) electrons. The van der Waals surface area contributed by atoms with Gasteiger partial charge in [0.1, 0.15) is 17.8 Å². The lowest BCUT2D eigenvalue weighted by Gasteiger charge is -2.21. The normalized spacial score (nSPS) is 17.4. The van der Waals surface area contributed by atoms with E-state index in [4.69, 9.17) is 4.74 Å². The van der Waals surface area contributed by atoms with Crippen LogP contribution in [0.25, 0.3) is 11.1 Å². The molecule has 1 saturated heterocycles. The Morgan fingerprint density at radius 3 is 2.35 bits per heavy atom. The summed E-state index contributed by atoms with van der Waals surface area (Å²) in [5.41, 5.74) is 2.39. The first-order chi connectivity index (χ1) is 16.4. The Bertz CT molecular complexity index is 1190. The first-order valence-electron chi connectivity index (χ1n) is 11.1. The van der Waals surface area contributed by atoms with Gasteiger partial charge in [0.15, 0.2) is 0 Å². The van der Waals surface area contributed by atoms with Crippen molar-refractivity contribution in [1.82, 2.24) is 10.2 Å². The number of rotatable bonds is 8. The molecular weight excluding hydrogens is 430 g/mol. The zero-order valence-corrected chi connectivity index (χ0v) is 19.2. The molecule has 1 heterocycles. The molecule has 4 amide bonds. The van der Waals surface area contributed by atoms with Gasteiger partial charge in [-0.1, -0.05) is 60.7 Å². The highest BCUT2D eigenvalue weighted by Crippen LogP contribution is 2.28. The van der Waals surface area contributed by atoms with E-state index in [1.807, 2.05) is 72.8 Å². The molecule has 34 heavy (non-hydrogen) atoms. The molecule has 0 saturated carbocycles. The molecule has 0 bridgehead atoms. The van der Waals surface area contributed by atoms with Gasteiger partial charge in [0.25, 0.3) is 5.91 Å². The van der Waals surface area contributed by atoms with Gasteiger partial charge < -0.3 is 15.4 Å². The number of urea groups is 1. The third kappa shape index (κ3) is 4.93. The molecule has 2 N–H and O–H groups in total. The molecule has 4 rings (SSSR count). The number of para-hydroxylation sites is 1. The molecule has 0 spiro atoms. The van der Waals surface area contributed by atoms with Crippen LogP contribution in [-0.4, -0.2) is 41.9 Å². The van der Waals surface area contributed by atoms with Crippen LogP contribution in [0.4, 0.5) is 10.5 Å². The van der Waals surface area contributed by atoms with Crippen LogP contribution in [0.1, 0.15) is 18.9 Å². The molecule has 0 unspecified atom stereocenters. The summed E-state index contributed by atoms with van der Waals surface area (Å²) in [5.74, 6) is -0.0879. The Labute approximate surface area is 198 Å². The van der Waals surface area contributed by atoms with Crippen LogP contribution in [0.3, 0.4) is 0 Å². The number of anilines is 1. The lowest BCUT2D eigenvalue weighted by Crippen LogP contribution is -2.45. The van der Waals surface area contributed by atoms with Gasteiger partial charge in [0, 0.05) is 11.3 Å². The van der Waals surface area contributed by atoms with E-state index in [1.54, 1.807) is 20.1 Å². The average molecular weight is 458 g/mol. The van der Waals surface area contributed by atoms with Crippen LogP contribution in [-0.2, 0) is 16.0 Å². The van der Waals surface area contributed by atoms with E-state index in [-0.39, 0.29) is 6.54 Å². The number of amides is 4. The van der Waals surface area contributed by atoms with E-state index in [0.717, 1.165) is 27.3 Å². The van der Waals surface area contributed by atoms with Crippen molar-refractivity contribution < 1.29 is 19.1 Å². The van der Waals surface area contributed by atoms with E-state index in [1.165, 1.54) is 0 Å². The highest BCUT2D eigenvalue weighted by atomic mass is 16.5. The summed E-state index contributed by atoms with van der Waals surface area (Å²) in [5, 5.41) is 5.61. The fourth-order valence-corrected chi connectivity index (χ4v) is 4.04. The Hall–Kier alpha value is -4.13. The molecule has 7 heteroatoms. The van der Waals surface area contributed by atoms with E-state index in [9.17, 15) is 14.4 Å². The average Bonchev–Trinajstić information content (AvgIpc) is 3.07. The predicted octanol–water partition coefficient (Wildman–Crippen LogP) is 4.24. The Kier molecular flexibility index (Phi) is 6.63. The van der Waals surface area contributed by atoms with Crippen molar-refractivity contribution >= 4 is 23.5 Å². The van der Waals surface area contributed by atoms with Crippen LogP contribution in [0.15, 0.2) is 78.9 Å². The quantitative estimate of drug-likeness (QED) is 0.495. The van der Waals surface area contributed by atoms with Crippen molar-refractivity contribution in [2.45, 2.75) is 25.3 Å². The number of aryl methyl sites for hydroxylation is 1. The maximum absolute atomic E-state index is 13.1. The minimum Gasteiger partial charge on any atom is -0.497 e. The zero-order chi connectivity index (χ0) is 24.1. The largest absolute Gasteiger partial charge is 0.497 e. The fourth-order valence-electron chi connectivity index (χ4n) is 4.04. The molecule has 1 aliphatic rings. The number of carbonyl (C=O) groups is 3. The summed E-state index contributed by atoms with van der Waals surface area (Å²) in [4.78, 5) is 39.4. The summed E-state index contributed by atoms with van der Waals surface area (Å²) in [6, 6.07) is 24.1. The summed E-state index contributed by atoms with van der Waals surface area (Å²) >= 11 is 0. The predicted molar refractivity (Wildman–Crippen MR) is 130 cm³/mol. The van der Waals surface area contributed by atoms with Crippen LogP contribution < -0.4 is 15.4 Å². The van der Waals surface area contributed by atoms with E-state index < -0.39 is 23.4 Å². The summed E-state index contributed by atoms with van der Waals surface area (Å²) in [6.07, 6.45) is 1.01. The molecular formula is C27H27N3O4. The lowest BCUT2D eigenvalue weighted by molar-refractivity contribution is -0.133. The molecule has 1 aliphatic heterocycles. The number of imide groups is 1. The number of ether oxygens (including phenoxy) is 1. The van der Waals surface area contributed by atoms with Crippen LogP contribution in [0.5, 0.6) is 5.75 Å².